The van der Waals surface area contributed by atoms with E-state index in [9.17, 15) is 9.59 Å². The van der Waals surface area contributed by atoms with Gasteiger partial charge in [-0.1, -0.05) is 18.2 Å². The van der Waals surface area contributed by atoms with E-state index in [0.29, 0.717) is 12.1 Å². The molecule has 0 bridgehead atoms. The maximum absolute atomic E-state index is 12.9. The van der Waals surface area contributed by atoms with Crippen LogP contribution in [-0.4, -0.2) is 57.5 Å². The second kappa shape index (κ2) is 8.39. The number of carbonyl (C=O) groups is 2. The summed E-state index contributed by atoms with van der Waals surface area (Å²) in [5, 5.41) is 11.0. The van der Waals surface area contributed by atoms with Gasteiger partial charge in [-0.15, -0.1) is 0 Å². The van der Waals surface area contributed by atoms with E-state index < -0.39 is 0 Å². The van der Waals surface area contributed by atoms with Gasteiger partial charge in [0, 0.05) is 48.4 Å². The van der Waals surface area contributed by atoms with Crippen molar-refractivity contribution >= 4 is 17.5 Å². The van der Waals surface area contributed by atoms with Crippen LogP contribution in [0.1, 0.15) is 32.7 Å². The average molecular weight is 453 g/mol. The van der Waals surface area contributed by atoms with Gasteiger partial charge in [0.25, 0.3) is 11.8 Å². The van der Waals surface area contributed by atoms with Crippen molar-refractivity contribution in [3.63, 3.8) is 0 Å². The van der Waals surface area contributed by atoms with E-state index in [2.05, 4.69) is 15.6 Å². The molecule has 2 aromatic heterocycles. The summed E-state index contributed by atoms with van der Waals surface area (Å²) in [7, 11) is 0. The second-order valence-corrected chi connectivity index (χ2v) is 8.66. The molecule has 0 aliphatic carbocycles. The number of carbonyl (C=O) groups excluding carboxylic acids is 2. The summed E-state index contributed by atoms with van der Waals surface area (Å²) >= 11 is 0. The lowest BCUT2D eigenvalue weighted by molar-refractivity contribution is 0.0766. The molecule has 0 unspecified atom stereocenters. The van der Waals surface area contributed by atoms with E-state index in [1.165, 1.54) is 0 Å². The van der Waals surface area contributed by atoms with Gasteiger partial charge < -0.3 is 15.5 Å². The first-order valence-corrected chi connectivity index (χ1v) is 11.5. The zero-order chi connectivity index (χ0) is 23.1. The van der Waals surface area contributed by atoms with E-state index in [1.807, 2.05) is 64.0 Å². The molecule has 2 aliphatic rings. The molecule has 34 heavy (non-hydrogen) atoms. The molecule has 0 radical (unpaired) electrons. The predicted molar refractivity (Wildman–Crippen MR) is 128 cm³/mol. The molecule has 0 atom stereocenters. The zero-order valence-corrected chi connectivity index (χ0v) is 18.6. The summed E-state index contributed by atoms with van der Waals surface area (Å²) in [5.74, 6) is 0.0367. The lowest BCUT2D eigenvalue weighted by atomic mass is 10.0. The molecular weight excluding hydrogens is 428 g/mol. The van der Waals surface area contributed by atoms with Crippen LogP contribution in [0.15, 0.2) is 60.8 Å². The lowest BCUT2D eigenvalue weighted by Crippen LogP contribution is -2.34. The fraction of sp³-hybridized carbons (Fsp3) is 0.231. The molecule has 6 rings (SSSR count). The van der Waals surface area contributed by atoms with Gasteiger partial charge in [0.15, 0.2) is 5.65 Å². The average Bonchev–Trinajstić information content (AvgIpc) is 3.35. The lowest BCUT2D eigenvalue weighted by Gasteiger charge is -2.20. The summed E-state index contributed by atoms with van der Waals surface area (Å²) in [6.45, 7) is 3.83. The summed E-state index contributed by atoms with van der Waals surface area (Å²) in [5.41, 5.74) is 6.68. The number of aromatic nitrogens is 3. The third-order valence-electron chi connectivity index (χ3n) is 6.50. The van der Waals surface area contributed by atoms with Crippen LogP contribution in [-0.2, 0) is 6.54 Å². The summed E-state index contributed by atoms with van der Waals surface area (Å²) in [4.78, 5) is 31.2. The Hall–Kier alpha value is -4.04. The van der Waals surface area contributed by atoms with E-state index >= 15 is 0 Å². The standard InChI is InChI=1S/C26H24N6O2/c33-25-21-7-6-19(14-20(21)15-29-25)23-16-28-24-9-8-22(30-32(23)24)17-2-4-18(5-3-17)26(34)31-12-1-10-27-11-13-31/h2-9,14,16,27H,1,10-13,15H2,(H,29,33). The van der Waals surface area contributed by atoms with Crippen molar-refractivity contribution in [2.24, 2.45) is 0 Å². The van der Waals surface area contributed by atoms with E-state index in [4.69, 9.17) is 5.10 Å². The van der Waals surface area contributed by atoms with Crippen molar-refractivity contribution in [1.82, 2.24) is 30.1 Å². The Labute approximate surface area is 196 Å². The van der Waals surface area contributed by atoms with Crippen molar-refractivity contribution < 1.29 is 9.59 Å². The minimum atomic E-state index is -0.0328. The van der Waals surface area contributed by atoms with E-state index in [1.54, 1.807) is 6.20 Å². The Bertz CT molecular complexity index is 1400. The molecule has 2 N–H and O–H groups in total. The minimum absolute atomic E-state index is 0.0328. The van der Waals surface area contributed by atoms with Gasteiger partial charge >= 0.3 is 0 Å². The van der Waals surface area contributed by atoms with Gasteiger partial charge in [-0.3, -0.25) is 9.59 Å². The third-order valence-corrected chi connectivity index (χ3v) is 6.50. The topological polar surface area (TPSA) is 91.6 Å². The number of hydrogen-bond acceptors (Lipinski definition) is 5. The van der Waals surface area contributed by atoms with Crippen LogP contribution in [0.2, 0.25) is 0 Å². The smallest absolute Gasteiger partial charge is 0.253 e. The van der Waals surface area contributed by atoms with Gasteiger partial charge in [0.2, 0.25) is 0 Å². The molecule has 4 aromatic rings. The molecule has 1 saturated heterocycles. The zero-order valence-electron chi connectivity index (χ0n) is 18.6. The Morgan fingerprint density at radius 3 is 2.68 bits per heavy atom. The first-order chi connectivity index (χ1) is 16.7. The monoisotopic (exact) mass is 452 g/mol. The normalized spacial score (nSPS) is 15.8. The molecule has 8 nitrogen and oxygen atoms in total. The summed E-state index contributed by atoms with van der Waals surface area (Å²) < 4.78 is 1.82. The van der Waals surface area contributed by atoms with Gasteiger partial charge in [-0.2, -0.15) is 5.10 Å². The molecule has 2 aliphatic heterocycles. The summed E-state index contributed by atoms with van der Waals surface area (Å²) in [6.07, 6.45) is 2.77. The number of amides is 2. The molecule has 0 saturated carbocycles. The first-order valence-electron chi connectivity index (χ1n) is 11.5. The Morgan fingerprint density at radius 2 is 1.79 bits per heavy atom. The molecule has 170 valence electrons. The van der Waals surface area contributed by atoms with Crippen molar-refractivity contribution in [3.8, 4) is 22.5 Å². The fourth-order valence-corrected chi connectivity index (χ4v) is 4.63. The number of benzene rings is 2. The van der Waals surface area contributed by atoms with Gasteiger partial charge in [-0.05, 0) is 54.9 Å². The maximum Gasteiger partial charge on any atom is 0.253 e. The number of nitrogens with one attached hydrogen (secondary N) is 2. The van der Waals surface area contributed by atoms with Crippen molar-refractivity contribution in [2.45, 2.75) is 13.0 Å². The predicted octanol–water partition coefficient (Wildman–Crippen LogP) is 2.74. The number of rotatable bonds is 3. The van der Waals surface area contributed by atoms with Crippen molar-refractivity contribution in [2.75, 3.05) is 26.2 Å². The fourth-order valence-electron chi connectivity index (χ4n) is 4.63. The SMILES string of the molecule is O=C1NCc2cc(-c3cnc4ccc(-c5ccc(C(=O)N6CCCNCC6)cc5)nn34)ccc21. The van der Waals surface area contributed by atoms with E-state index in [-0.39, 0.29) is 11.8 Å². The highest BCUT2D eigenvalue weighted by molar-refractivity contribution is 5.99. The van der Waals surface area contributed by atoms with Crippen LogP contribution < -0.4 is 10.6 Å². The van der Waals surface area contributed by atoms with Crippen LogP contribution in [0.4, 0.5) is 0 Å². The van der Waals surface area contributed by atoms with Crippen molar-refractivity contribution in [1.29, 1.82) is 0 Å². The number of hydrogen-bond donors (Lipinski definition) is 2. The van der Waals surface area contributed by atoms with Crippen LogP contribution in [0.5, 0.6) is 0 Å². The minimum Gasteiger partial charge on any atom is -0.348 e. The highest BCUT2D eigenvalue weighted by Crippen LogP contribution is 2.27. The quantitative estimate of drug-likeness (QED) is 0.499. The molecule has 8 heteroatoms. The van der Waals surface area contributed by atoms with Gasteiger partial charge in [-0.25, -0.2) is 9.50 Å². The van der Waals surface area contributed by atoms with Crippen LogP contribution in [0.25, 0.3) is 28.2 Å². The Morgan fingerprint density at radius 1 is 0.941 bits per heavy atom. The molecule has 0 spiro atoms. The second-order valence-electron chi connectivity index (χ2n) is 8.66. The maximum atomic E-state index is 12.9. The molecule has 2 amide bonds. The number of fused-ring (bicyclic) bond motifs is 2. The Kier molecular flexibility index (Phi) is 5.07. The highest BCUT2D eigenvalue weighted by Gasteiger charge is 2.20. The van der Waals surface area contributed by atoms with Gasteiger partial charge in [0.05, 0.1) is 17.6 Å². The molecule has 4 heterocycles. The third kappa shape index (κ3) is 3.62. The largest absolute Gasteiger partial charge is 0.348 e. The number of nitrogens with zero attached hydrogens (tertiary/aromatic N) is 4. The van der Waals surface area contributed by atoms with Gasteiger partial charge in [0.1, 0.15) is 0 Å². The number of imidazole rings is 1. The summed E-state index contributed by atoms with van der Waals surface area (Å²) in [6, 6.07) is 17.3. The highest BCUT2D eigenvalue weighted by atomic mass is 16.2. The Balaban J connectivity index is 1.30. The molecular formula is C26H24N6O2. The van der Waals surface area contributed by atoms with Crippen LogP contribution >= 0.6 is 0 Å². The van der Waals surface area contributed by atoms with Crippen LogP contribution in [0, 0.1) is 0 Å². The first kappa shape index (κ1) is 20.6. The molecule has 1 fully saturated rings. The van der Waals surface area contributed by atoms with Crippen LogP contribution in [0.3, 0.4) is 0 Å². The molecule has 2 aromatic carbocycles. The van der Waals surface area contributed by atoms with E-state index in [0.717, 1.165) is 71.9 Å². The van der Waals surface area contributed by atoms with Crippen molar-refractivity contribution in [3.05, 3.63) is 77.5 Å².